The van der Waals surface area contributed by atoms with Crippen molar-refractivity contribution in [3.8, 4) is 0 Å². The summed E-state index contributed by atoms with van der Waals surface area (Å²) >= 11 is 7.40. The Morgan fingerprint density at radius 1 is 0.944 bits per heavy atom. The zero-order valence-corrected chi connectivity index (χ0v) is 22.4. The predicted octanol–water partition coefficient (Wildman–Crippen LogP) is 6.27. The molecule has 0 aromatic heterocycles. The maximum atomic E-state index is 14.1. The molecule has 0 spiro atoms. The van der Waals surface area contributed by atoms with Crippen molar-refractivity contribution in [3.05, 3.63) is 106 Å². The van der Waals surface area contributed by atoms with Crippen molar-refractivity contribution in [1.82, 2.24) is 10.2 Å². The molecule has 4 nitrogen and oxygen atoms in total. The molecule has 1 N–H and O–H groups in total. The lowest BCUT2D eigenvalue weighted by Gasteiger charge is -2.34. The number of benzene rings is 3. The van der Waals surface area contributed by atoms with Crippen LogP contribution in [0.3, 0.4) is 0 Å². The van der Waals surface area contributed by atoms with Crippen molar-refractivity contribution >= 4 is 35.2 Å². The molecule has 2 amide bonds. The van der Waals surface area contributed by atoms with E-state index in [9.17, 15) is 14.0 Å². The minimum atomic E-state index is -0.719. The molecule has 0 aliphatic rings. The zero-order chi connectivity index (χ0) is 26.1. The van der Waals surface area contributed by atoms with E-state index < -0.39 is 11.6 Å². The van der Waals surface area contributed by atoms with Crippen LogP contribution in [-0.4, -0.2) is 34.0 Å². The smallest absolute Gasteiger partial charge is 0.243 e. The standard InChI is InChI=1S/C29H32ClFN2O2S/c1-29(2,3)32-28(35)26(17-21-9-5-4-6-10-21)33(18-22-13-15-24(30)16-14-22)27(34)20-36-19-23-11-7-8-12-25(23)31/h4-16,26H,17-20H2,1-3H3,(H,32,35). The van der Waals surface area contributed by atoms with Crippen LogP contribution in [0.1, 0.15) is 37.5 Å². The molecule has 36 heavy (non-hydrogen) atoms. The van der Waals surface area contributed by atoms with Gasteiger partial charge in [0.1, 0.15) is 11.9 Å². The number of carbonyl (C=O) groups excluding carboxylic acids is 2. The second-order valence-corrected chi connectivity index (χ2v) is 11.1. The van der Waals surface area contributed by atoms with Crippen LogP contribution in [0.2, 0.25) is 5.02 Å². The fraction of sp³-hybridized carbons (Fsp3) is 0.310. The average Bonchev–Trinajstić information content (AvgIpc) is 2.83. The van der Waals surface area contributed by atoms with E-state index in [2.05, 4.69) is 5.32 Å². The van der Waals surface area contributed by atoms with Gasteiger partial charge >= 0.3 is 0 Å². The van der Waals surface area contributed by atoms with E-state index in [0.717, 1.165) is 11.1 Å². The molecular formula is C29H32ClFN2O2S. The summed E-state index contributed by atoms with van der Waals surface area (Å²) in [5.41, 5.74) is 1.92. The van der Waals surface area contributed by atoms with Crippen molar-refractivity contribution in [2.75, 3.05) is 5.75 Å². The first kappa shape index (κ1) is 27.8. The van der Waals surface area contributed by atoms with Crippen LogP contribution in [0.15, 0.2) is 78.9 Å². The zero-order valence-electron chi connectivity index (χ0n) is 20.8. The monoisotopic (exact) mass is 526 g/mol. The molecular weight excluding hydrogens is 495 g/mol. The molecule has 0 aliphatic heterocycles. The molecule has 7 heteroatoms. The number of carbonyl (C=O) groups is 2. The van der Waals surface area contributed by atoms with Gasteiger partial charge in [-0.25, -0.2) is 4.39 Å². The Balaban J connectivity index is 1.87. The van der Waals surface area contributed by atoms with Crippen molar-refractivity contribution in [2.45, 2.75) is 51.1 Å². The number of nitrogens with one attached hydrogen (secondary N) is 1. The van der Waals surface area contributed by atoms with Crippen LogP contribution in [-0.2, 0) is 28.3 Å². The molecule has 190 valence electrons. The lowest BCUT2D eigenvalue weighted by Crippen LogP contribution is -2.54. The van der Waals surface area contributed by atoms with E-state index in [4.69, 9.17) is 11.6 Å². The van der Waals surface area contributed by atoms with E-state index in [1.165, 1.54) is 17.8 Å². The maximum Gasteiger partial charge on any atom is 0.243 e. The molecule has 3 rings (SSSR count). The average molecular weight is 527 g/mol. The normalized spacial score (nSPS) is 12.1. The molecule has 0 saturated carbocycles. The molecule has 3 aromatic rings. The van der Waals surface area contributed by atoms with Crippen molar-refractivity contribution < 1.29 is 14.0 Å². The highest BCUT2D eigenvalue weighted by atomic mass is 35.5. The Morgan fingerprint density at radius 2 is 1.58 bits per heavy atom. The van der Waals surface area contributed by atoms with Gasteiger partial charge in [0.15, 0.2) is 0 Å². The van der Waals surface area contributed by atoms with Crippen LogP contribution >= 0.6 is 23.4 Å². The van der Waals surface area contributed by atoms with Crippen molar-refractivity contribution in [1.29, 1.82) is 0 Å². The van der Waals surface area contributed by atoms with Gasteiger partial charge in [0.05, 0.1) is 5.75 Å². The summed E-state index contributed by atoms with van der Waals surface area (Å²) in [7, 11) is 0. The van der Waals surface area contributed by atoms with Crippen LogP contribution in [0, 0.1) is 5.82 Å². The first-order valence-corrected chi connectivity index (χ1v) is 13.4. The van der Waals surface area contributed by atoms with Crippen LogP contribution < -0.4 is 5.32 Å². The third-order valence-electron chi connectivity index (χ3n) is 5.48. The summed E-state index contributed by atoms with van der Waals surface area (Å²) in [5, 5.41) is 3.65. The third kappa shape index (κ3) is 8.68. The summed E-state index contributed by atoms with van der Waals surface area (Å²) < 4.78 is 14.1. The number of nitrogens with zero attached hydrogens (tertiary/aromatic N) is 1. The number of thioether (sulfide) groups is 1. The molecule has 0 radical (unpaired) electrons. The Bertz CT molecular complexity index is 1150. The largest absolute Gasteiger partial charge is 0.350 e. The Morgan fingerprint density at radius 3 is 2.22 bits per heavy atom. The van der Waals surface area contributed by atoms with E-state index in [-0.39, 0.29) is 29.9 Å². The number of rotatable bonds is 10. The Hall–Kier alpha value is -2.83. The highest BCUT2D eigenvalue weighted by Crippen LogP contribution is 2.21. The second kappa shape index (κ2) is 12.9. The van der Waals surface area contributed by atoms with Gasteiger partial charge in [-0.3, -0.25) is 9.59 Å². The van der Waals surface area contributed by atoms with Crippen LogP contribution in [0.5, 0.6) is 0 Å². The van der Waals surface area contributed by atoms with Gasteiger partial charge in [-0.1, -0.05) is 72.3 Å². The number of hydrogen-bond donors (Lipinski definition) is 1. The summed E-state index contributed by atoms with van der Waals surface area (Å²) in [5.74, 6) is -0.202. The number of halogens is 2. The number of amides is 2. The van der Waals surface area contributed by atoms with E-state index >= 15 is 0 Å². The lowest BCUT2D eigenvalue weighted by molar-refractivity contribution is -0.140. The van der Waals surface area contributed by atoms with Gasteiger partial charge in [0, 0.05) is 29.3 Å². The van der Waals surface area contributed by atoms with E-state index in [1.807, 2.05) is 63.2 Å². The fourth-order valence-corrected chi connectivity index (χ4v) is 4.76. The lowest BCUT2D eigenvalue weighted by atomic mass is 10.0. The summed E-state index contributed by atoms with van der Waals surface area (Å²) in [6, 6.07) is 22.8. The minimum absolute atomic E-state index is 0.121. The molecule has 0 fully saturated rings. The summed E-state index contributed by atoms with van der Waals surface area (Å²) in [6.07, 6.45) is 0.375. The van der Waals surface area contributed by atoms with Gasteiger partial charge in [-0.2, -0.15) is 0 Å². The van der Waals surface area contributed by atoms with Crippen LogP contribution in [0.25, 0.3) is 0 Å². The van der Waals surface area contributed by atoms with E-state index in [0.29, 0.717) is 22.8 Å². The van der Waals surface area contributed by atoms with Gasteiger partial charge < -0.3 is 10.2 Å². The van der Waals surface area contributed by atoms with Gasteiger partial charge in [0.25, 0.3) is 0 Å². The summed E-state index contributed by atoms with van der Waals surface area (Å²) in [6.45, 7) is 6.01. The van der Waals surface area contributed by atoms with Gasteiger partial charge in [-0.05, 0) is 55.7 Å². The molecule has 0 bridgehead atoms. The van der Waals surface area contributed by atoms with Crippen molar-refractivity contribution in [2.24, 2.45) is 0 Å². The van der Waals surface area contributed by atoms with Gasteiger partial charge in [-0.15, -0.1) is 11.8 Å². The number of hydrogen-bond acceptors (Lipinski definition) is 3. The predicted molar refractivity (Wildman–Crippen MR) is 146 cm³/mol. The van der Waals surface area contributed by atoms with E-state index in [1.54, 1.807) is 35.2 Å². The van der Waals surface area contributed by atoms with Crippen LogP contribution in [0.4, 0.5) is 4.39 Å². The highest BCUT2D eigenvalue weighted by molar-refractivity contribution is 7.99. The maximum absolute atomic E-state index is 14.1. The Labute approximate surface area is 222 Å². The molecule has 0 saturated heterocycles. The highest BCUT2D eigenvalue weighted by Gasteiger charge is 2.32. The molecule has 0 heterocycles. The topological polar surface area (TPSA) is 49.4 Å². The second-order valence-electron chi connectivity index (χ2n) is 9.68. The van der Waals surface area contributed by atoms with Gasteiger partial charge in [0.2, 0.25) is 11.8 Å². The molecule has 3 aromatic carbocycles. The SMILES string of the molecule is CC(C)(C)NC(=O)C(Cc1ccccc1)N(Cc1ccc(Cl)cc1)C(=O)CSCc1ccccc1F. The fourth-order valence-electron chi connectivity index (χ4n) is 3.74. The molecule has 0 aliphatic carbocycles. The Kier molecular flexibility index (Phi) is 9.97. The molecule has 1 unspecified atom stereocenters. The first-order valence-electron chi connectivity index (χ1n) is 11.8. The minimum Gasteiger partial charge on any atom is -0.350 e. The van der Waals surface area contributed by atoms with Crippen molar-refractivity contribution in [3.63, 3.8) is 0 Å². The summed E-state index contributed by atoms with van der Waals surface area (Å²) in [4.78, 5) is 28.7. The quantitative estimate of drug-likeness (QED) is 0.339. The molecule has 1 atom stereocenters. The first-order chi connectivity index (χ1) is 17.1. The third-order valence-corrected chi connectivity index (χ3v) is 6.69.